The van der Waals surface area contributed by atoms with Crippen molar-refractivity contribution >= 4 is 10.9 Å². The summed E-state index contributed by atoms with van der Waals surface area (Å²) in [6.45, 7) is 5.15. The van der Waals surface area contributed by atoms with E-state index in [9.17, 15) is 0 Å². The molecule has 0 spiro atoms. The standard InChI is InChI=1S/C15H19N3O3/c1-19-15-16-11-12-2-3-13(10-14(12)17-15)21-9-6-18-4-7-20-8-5-18/h2-3,10-11H,4-9H2,1H3. The molecule has 0 aliphatic carbocycles. The third-order valence-electron chi connectivity index (χ3n) is 3.49. The van der Waals surface area contributed by atoms with Crippen molar-refractivity contribution < 1.29 is 14.2 Å². The summed E-state index contributed by atoms with van der Waals surface area (Å²) in [5.41, 5.74) is 0.825. The SMILES string of the molecule is COc1ncc2ccc(OCCN3CCOCC3)cc2n1. The smallest absolute Gasteiger partial charge is 0.316 e. The zero-order chi connectivity index (χ0) is 14.5. The van der Waals surface area contributed by atoms with Gasteiger partial charge in [0, 0.05) is 37.3 Å². The first-order valence-electron chi connectivity index (χ1n) is 7.09. The van der Waals surface area contributed by atoms with Crippen LogP contribution in [0.2, 0.25) is 0 Å². The molecule has 6 nitrogen and oxygen atoms in total. The van der Waals surface area contributed by atoms with E-state index in [0.29, 0.717) is 12.6 Å². The van der Waals surface area contributed by atoms with Crippen LogP contribution in [-0.2, 0) is 4.74 Å². The van der Waals surface area contributed by atoms with E-state index >= 15 is 0 Å². The van der Waals surface area contributed by atoms with E-state index in [-0.39, 0.29) is 0 Å². The zero-order valence-corrected chi connectivity index (χ0v) is 12.1. The minimum absolute atomic E-state index is 0.368. The van der Waals surface area contributed by atoms with Crippen LogP contribution in [0, 0.1) is 0 Å². The van der Waals surface area contributed by atoms with Crippen LogP contribution in [0.3, 0.4) is 0 Å². The number of morpholine rings is 1. The summed E-state index contributed by atoms with van der Waals surface area (Å²) in [6.07, 6.45) is 1.75. The normalized spacial score (nSPS) is 16.0. The van der Waals surface area contributed by atoms with E-state index in [4.69, 9.17) is 14.2 Å². The molecule has 1 saturated heterocycles. The predicted octanol–water partition coefficient (Wildman–Crippen LogP) is 1.35. The monoisotopic (exact) mass is 289 g/mol. The van der Waals surface area contributed by atoms with Crippen molar-refractivity contribution in [3.05, 3.63) is 24.4 Å². The molecule has 0 amide bonds. The minimum atomic E-state index is 0.368. The van der Waals surface area contributed by atoms with Crippen molar-refractivity contribution in [1.29, 1.82) is 0 Å². The average Bonchev–Trinajstić information content (AvgIpc) is 2.55. The Balaban J connectivity index is 1.60. The van der Waals surface area contributed by atoms with Gasteiger partial charge in [-0.3, -0.25) is 4.90 Å². The van der Waals surface area contributed by atoms with Crippen LogP contribution in [0.25, 0.3) is 10.9 Å². The second kappa shape index (κ2) is 6.69. The summed E-state index contributed by atoms with van der Waals surface area (Å²) in [5, 5.41) is 0.969. The van der Waals surface area contributed by atoms with Crippen LogP contribution < -0.4 is 9.47 Å². The Morgan fingerprint density at radius 2 is 2.14 bits per heavy atom. The number of benzene rings is 1. The molecule has 2 aromatic rings. The van der Waals surface area contributed by atoms with Gasteiger partial charge in [0.1, 0.15) is 12.4 Å². The zero-order valence-electron chi connectivity index (χ0n) is 12.1. The Hall–Kier alpha value is -1.92. The number of nitrogens with zero attached hydrogens (tertiary/aromatic N) is 3. The Bertz CT molecular complexity index is 600. The van der Waals surface area contributed by atoms with E-state index in [2.05, 4.69) is 14.9 Å². The van der Waals surface area contributed by atoms with Gasteiger partial charge in [0.2, 0.25) is 0 Å². The molecular weight excluding hydrogens is 270 g/mol. The fraction of sp³-hybridized carbons (Fsp3) is 0.467. The van der Waals surface area contributed by atoms with Crippen molar-refractivity contribution in [2.24, 2.45) is 0 Å². The number of hydrogen-bond acceptors (Lipinski definition) is 6. The second-order valence-corrected chi connectivity index (χ2v) is 4.88. The van der Waals surface area contributed by atoms with Crippen molar-refractivity contribution in [2.45, 2.75) is 0 Å². The summed E-state index contributed by atoms with van der Waals surface area (Å²) in [6, 6.07) is 6.18. The fourth-order valence-corrected chi connectivity index (χ4v) is 2.29. The molecule has 1 aliphatic rings. The lowest BCUT2D eigenvalue weighted by atomic mass is 10.2. The fourth-order valence-electron chi connectivity index (χ4n) is 2.29. The Morgan fingerprint density at radius 1 is 1.29 bits per heavy atom. The van der Waals surface area contributed by atoms with Gasteiger partial charge < -0.3 is 14.2 Å². The highest BCUT2D eigenvalue weighted by Gasteiger charge is 2.10. The first-order chi connectivity index (χ1) is 10.3. The van der Waals surface area contributed by atoms with Crippen molar-refractivity contribution in [3.63, 3.8) is 0 Å². The Morgan fingerprint density at radius 3 is 2.95 bits per heavy atom. The van der Waals surface area contributed by atoms with Crippen molar-refractivity contribution in [1.82, 2.24) is 14.9 Å². The summed E-state index contributed by atoms with van der Waals surface area (Å²) in [7, 11) is 1.56. The molecule has 21 heavy (non-hydrogen) atoms. The lowest BCUT2D eigenvalue weighted by Gasteiger charge is -2.26. The quantitative estimate of drug-likeness (QED) is 0.828. The number of fused-ring (bicyclic) bond motifs is 1. The largest absolute Gasteiger partial charge is 0.492 e. The molecule has 1 aliphatic heterocycles. The van der Waals surface area contributed by atoms with Gasteiger partial charge in [-0.2, -0.15) is 4.98 Å². The lowest BCUT2D eigenvalue weighted by molar-refractivity contribution is 0.0322. The van der Waals surface area contributed by atoms with Gasteiger partial charge in [-0.25, -0.2) is 4.98 Å². The molecule has 0 unspecified atom stereocenters. The van der Waals surface area contributed by atoms with E-state index in [1.165, 1.54) is 0 Å². The van der Waals surface area contributed by atoms with Crippen LogP contribution in [0.1, 0.15) is 0 Å². The van der Waals surface area contributed by atoms with Crippen LogP contribution in [0.15, 0.2) is 24.4 Å². The number of rotatable bonds is 5. The van der Waals surface area contributed by atoms with Crippen LogP contribution in [0.5, 0.6) is 11.8 Å². The van der Waals surface area contributed by atoms with Gasteiger partial charge in [0.25, 0.3) is 0 Å². The van der Waals surface area contributed by atoms with E-state index in [0.717, 1.165) is 49.5 Å². The van der Waals surface area contributed by atoms with Crippen molar-refractivity contribution in [2.75, 3.05) is 46.6 Å². The summed E-state index contributed by atoms with van der Waals surface area (Å²) >= 11 is 0. The molecule has 0 saturated carbocycles. The van der Waals surface area contributed by atoms with Crippen LogP contribution in [-0.4, -0.2) is 61.4 Å². The third-order valence-corrected chi connectivity index (χ3v) is 3.49. The molecule has 2 heterocycles. The number of aromatic nitrogens is 2. The maximum atomic E-state index is 5.81. The second-order valence-electron chi connectivity index (χ2n) is 4.88. The summed E-state index contributed by atoms with van der Waals surface area (Å²) in [4.78, 5) is 10.7. The molecule has 0 atom stereocenters. The molecular formula is C15H19N3O3. The summed E-state index contributed by atoms with van der Waals surface area (Å²) in [5.74, 6) is 0.816. The van der Waals surface area contributed by atoms with Crippen LogP contribution >= 0.6 is 0 Å². The van der Waals surface area contributed by atoms with Gasteiger partial charge in [-0.15, -0.1) is 0 Å². The molecule has 1 fully saturated rings. The van der Waals surface area contributed by atoms with E-state index in [1.807, 2.05) is 18.2 Å². The first-order valence-corrected chi connectivity index (χ1v) is 7.09. The third kappa shape index (κ3) is 3.59. The molecule has 0 N–H and O–H groups in total. The molecule has 1 aromatic carbocycles. The first kappa shape index (κ1) is 14.0. The number of methoxy groups -OCH3 is 1. The van der Waals surface area contributed by atoms with Crippen molar-refractivity contribution in [3.8, 4) is 11.8 Å². The average molecular weight is 289 g/mol. The highest BCUT2D eigenvalue weighted by molar-refractivity contribution is 5.79. The van der Waals surface area contributed by atoms with E-state index in [1.54, 1.807) is 13.3 Å². The maximum absolute atomic E-state index is 5.81. The van der Waals surface area contributed by atoms with Gasteiger partial charge in [-0.05, 0) is 12.1 Å². The topological polar surface area (TPSA) is 56.7 Å². The van der Waals surface area contributed by atoms with Gasteiger partial charge in [0.05, 0.1) is 25.8 Å². The molecule has 0 radical (unpaired) electrons. The van der Waals surface area contributed by atoms with Crippen LogP contribution in [0.4, 0.5) is 0 Å². The molecule has 0 bridgehead atoms. The number of ether oxygens (including phenoxy) is 3. The van der Waals surface area contributed by atoms with E-state index < -0.39 is 0 Å². The Labute approximate surface area is 123 Å². The predicted molar refractivity (Wildman–Crippen MR) is 78.8 cm³/mol. The minimum Gasteiger partial charge on any atom is -0.492 e. The maximum Gasteiger partial charge on any atom is 0.316 e. The molecule has 112 valence electrons. The number of hydrogen-bond donors (Lipinski definition) is 0. The highest BCUT2D eigenvalue weighted by atomic mass is 16.5. The summed E-state index contributed by atoms with van der Waals surface area (Å²) < 4.78 is 16.2. The van der Waals surface area contributed by atoms with Gasteiger partial charge in [0.15, 0.2) is 0 Å². The molecule has 6 heteroatoms. The van der Waals surface area contributed by atoms with Gasteiger partial charge >= 0.3 is 6.01 Å². The molecule has 3 rings (SSSR count). The lowest BCUT2D eigenvalue weighted by Crippen LogP contribution is -2.38. The molecule has 1 aromatic heterocycles. The van der Waals surface area contributed by atoms with Gasteiger partial charge in [-0.1, -0.05) is 0 Å². The highest BCUT2D eigenvalue weighted by Crippen LogP contribution is 2.20. The Kier molecular flexibility index (Phi) is 4.47.